The molecular formula is C14H28N2O2. The van der Waals surface area contributed by atoms with Gasteiger partial charge in [0, 0.05) is 25.2 Å². The highest BCUT2D eigenvalue weighted by Crippen LogP contribution is 2.20. The van der Waals surface area contributed by atoms with Crippen LogP contribution < -0.4 is 0 Å². The Morgan fingerprint density at radius 3 is 2.61 bits per heavy atom. The second-order valence-corrected chi connectivity index (χ2v) is 5.47. The average Bonchev–Trinajstić information content (AvgIpc) is 2.57. The molecule has 0 aromatic carbocycles. The minimum absolute atomic E-state index is 0.0625. The summed E-state index contributed by atoms with van der Waals surface area (Å²) in [6.07, 6.45) is 2.30. The third-order valence-electron chi connectivity index (χ3n) is 4.24. The van der Waals surface area contributed by atoms with E-state index in [1.807, 2.05) is 6.92 Å². The molecule has 1 aliphatic rings. The monoisotopic (exact) mass is 256 g/mol. The van der Waals surface area contributed by atoms with Crippen LogP contribution in [0.1, 0.15) is 33.6 Å². The van der Waals surface area contributed by atoms with E-state index < -0.39 is 0 Å². The zero-order valence-electron chi connectivity index (χ0n) is 12.5. The molecule has 0 aromatic heterocycles. The predicted octanol–water partition coefficient (Wildman–Crippen LogP) is 1.60. The lowest BCUT2D eigenvalue weighted by atomic mass is 9.99. The van der Waals surface area contributed by atoms with Crippen molar-refractivity contribution in [2.24, 2.45) is 5.92 Å². The number of hydrogen-bond donors (Lipinski definition) is 0. The number of rotatable bonds is 4. The smallest absolute Gasteiger partial charge is 0.309 e. The number of carbonyl (C=O) groups excluding carboxylic acids is 1. The van der Waals surface area contributed by atoms with Gasteiger partial charge in [-0.25, -0.2) is 0 Å². The lowest BCUT2D eigenvalue weighted by Crippen LogP contribution is -2.48. The first kappa shape index (κ1) is 15.4. The minimum atomic E-state index is -0.102. The number of likely N-dealkylation sites (N-methyl/N-ethyl adjacent to an activating group) is 1. The Morgan fingerprint density at radius 2 is 2.06 bits per heavy atom. The Balaban J connectivity index is 2.74. The molecule has 1 fully saturated rings. The van der Waals surface area contributed by atoms with E-state index in [4.69, 9.17) is 4.74 Å². The Labute approximate surface area is 111 Å². The second kappa shape index (κ2) is 7.10. The van der Waals surface area contributed by atoms with Crippen LogP contribution in [-0.2, 0) is 9.53 Å². The molecule has 0 saturated carbocycles. The second-order valence-electron chi connectivity index (χ2n) is 5.47. The number of hydrogen-bond acceptors (Lipinski definition) is 4. The molecule has 0 radical (unpaired) electrons. The number of nitrogens with zero attached hydrogens (tertiary/aromatic N) is 2. The van der Waals surface area contributed by atoms with Crippen LogP contribution in [0.15, 0.2) is 0 Å². The fourth-order valence-corrected chi connectivity index (χ4v) is 2.83. The highest BCUT2D eigenvalue weighted by Gasteiger charge is 2.31. The van der Waals surface area contributed by atoms with Gasteiger partial charge >= 0.3 is 5.97 Å². The molecule has 0 aromatic rings. The largest absolute Gasteiger partial charge is 0.469 e. The summed E-state index contributed by atoms with van der Waals surface area (Å²) in [5.41, 5.74) is 0. The highest BCUT2D eigenvalue weighted by atomic mass is 16.5. The van der Waals surface area contributed by atoms with E-state index in [9.17, 15) is 4.79 Å². The van der Waals surface area contributed by atoms with Gasteiger partial charge in [-0.2, -0.15) is 0 Å². The molecule has 1 heterocycles. The quantitative estimate of drug-likeness (QED) is 0.715. The molecule has 1 saturated heterocycles. The maximum atomic E-state index is 11.7. The Morgan fingerprint density at radius 1 is 1.39 bits per heavy atom. The van der Waals surface area contributed by atoms with Crippen LogP contribution >= 0.6 is 0 Å². The molecule has 4 nitrogen and oxygen atoms in total. The normalized spacial score (nSPS) is 26.4. The van der Waals surface area contributed by atoms with Crippen molar-refractivity contribution in [2.75, 3.05) is 33.8 Å². The summed E-state index contributed by atoms with van der Waals surface area (Å²) in [5.74, 6) is -0.164. The number of carbonyl (C=O) groups is 1. The van der Waals surface area contributed by atoms with Gasteiger partial charge in [0.2, 0.25) is 0 Å². The van der Waals surface area contributed by atoms with Crippen LogP contribution in [0.3, 0.4) is 0 Å². The molecule has 4 heteroatoms. The molecule has 3 unspecified atom stereocenters. The van der Waals surface area contributed by atoms with Gasteiger partial charge in [0.25, 0.3) is 0 Å². The molecule has 1 aliphatic heterocycles. The highest BCUT2D eigenvalue weighted by molar-refractivity contribution is 5.72. The molecule has 3 atom stereocenters. The van der Waals surface area contributed by atoms with Crippen LogP contribution in [0.5, 0.6) is 0 Å². The topological polar surface area (TPSA) is 32.8 Å². The van der Waals surface area contributed by atoms with Gasteiger partial charge in [-0.15, -0.1) is 0 Å². The number of methoxy groups -OCH3 is 1. The molecule has 18 heavy (non-hydrogen) atoms. The molecule has 1 rings (SSSR count). The maximum Gasteiger partial charge on any atom is 0.309 e. The molecular weight excluding hydrogens is 228 g/mol. The summed E-state index contributed by atoms with van der Waals surface area (Å²) in [6, 6.07) is 0.786. The van der Waals surface area contributed by atoms with Crippen LogP contribution in [0.2, 0.25) is 0 Å². The minimum Gasteiger partial charge on any atom is -0.469 e. The van der Waals surface area contributed by atoms with E-state index in [2.05, 4.69) is 30.7 Å². The average molecular weight is 256 g/mol. The van der Waals surface area contributed by atoms with E-state index in [0.29, 0.717) is 6.04 Å². The standard InChI is InChI=1S/C14H28N2O2/c1-6-13-10-15(4)8-7-9-16(13)12(3)11(2)14(17)18-5/h11-13H,6-10H2,1-5H3. The fourth-order valence-electron chi connectivity index (χ4n) is 2.83. The first-order chi connectivity index (χ1) is 8.51. The van der Waals surface area contributed by atoms with Crippen molar-refractivity contribution >= 4 is 5.97 Å². The van der Waals surface area contributed by atoms with Crippen molar-refractivity contribution in [1.82, 2.24) is 9.80 Å². The first-order valence-electron chi connectivity index (χ1n) is 7.03. The van der Waals surface area contributed by atoms with E-state index in [-0.39, 0.29) is 17.9 Å². The first-order valence-corrected chi connectivity index (χ1v) is 7.03. The fraction of sp³-hybridized carbons (Fsp3) is 0.929. The summed E-state index contributed by atoms with van der Waals surface area (Å²) in [6.45, 7) is 9.66. The van der Waals surface area contributed by atoms with Crippen LogP contribution in [-0.4, -0.2) is 61.6 Å². The van der Waals surface area contributed by atoms with E-state index in [1.54, 1.807) is 0 Å². The predicted molar refractivity (Wildman–Crippen MR) is 73.5 cm³/mol. The van der Waals surface area contributed by atoms with Gasteiger partial charge in [0.1, 0.15) is 0 Å². The molecule has 0 N–H and O–H groups in total. The van der Waals surface area contributed by atoms with Crippen LogP contribution in [0.4, 0.5) is 0 Å². The van der Waals surface area contributed by atoms with Gasteiger partial charge in [0.05, 0.1) is 13.0 Å². The van der Waals surface area contributed by atoms with Gasteiger partial charge in [0.15, 0.2) is 0 Å². The van der Waals surface area contributed by atoms with Crippen molar-refractivity contribution in [3.8, 4) is 0 Å². The molecule has 0 spiro atoms. The zero-order chi connectivity index (χ0) is 13.7. The summed E-state index contributed by atoms with van der Waals surface area (Å²) >= 11 is 0. The van der Waals surface area contributed by atoms with Crippen molar-refractivity contribution < 1.29 is 9.53 Å². The SMILES string of the molecule is CCC1CN(C)CCCN1C(C)C(C)C(=O)OC. The van der Waals surface area contributed by atoms with Gasteiger partial charge in [-0.1, -0.05) is 13.8 Å². The lowest BCUT2D eigenvalue weighted by molar-refractivity contribution is -0.147. The summed E-state index contributed by atoms with van der Waals surface area (Å²) in [4.78, 5) is 16.6. The van der Waals surface area contributed by atoms with E-state index in [1.165, 1.54) is 13.5 Å². The molecule has 0 aliphatic carbocycles. The van der Waals surface area contributed by atoms with Crippen molar-refractivity contribution in [2.45, 2.75) is 45.7 Å². The van der Waals surface area contributed by atoms with E-state index in [0.717, 1.165) is 26.1 Å². The van der Waals surface area contributed by atoms with Gasteiger partial charge < -0.3 is 9.64 Å². The van der Waals surface area contributed by atoms with Gasteiger partial charge in [-0.3, -0.25) is 9.69 Å². The van der Waals surface area contributed by atoms with Gasteiger partial charge in [-0.05, 0) is 33.4 Å². The third-order valence-corrected chi connectivity index (χ3v) is 4.24. The summed E-state index contributed by atoms with van der Waals surface area (Å²) < 4.78 is 4.87. The third kappa shape index (κ3) is 3.69. The maximum absolute atomic E-state index is 11.7. The van der Waals surface area contributed by atoms with Crippen molar-refractivity contribution in [3.05, 3.63) is 0 Å². The number of esters is 1. The molecule has 106 valence electrons. The summed E-state index contributed by atoms with van der Waals surface area (Å²) in [5, 5.41) is 0. The Kier molecular flexibility index (Phi) is 6.09. The van der Waals surface area contributed by atoms with E-state index >= 15 is 0 Å². The van der Waals surface area contributed by atoms with Crippen LogP contribution in [0, 0.1) is 5.92 Å². The Hall–Kier alpha value is -0.610. The van der Waals surface area contributed by atoms with Crippen molar-refractivity contribution in [1.29, 1.82) is 0 Å². The number of ether oxygens (including phenoxy) is 1. The zero-order valence-corrected chi connectivity index (χ0v) is 12.5. The Bertz CT molecular complexity index is 271. The summed E-state index contributed by atoms with van der Waals surface area (Å²) in [7, 11) is 3.65. The lowest BCUT2D eigenvalue weighted by Gasteiger charge is -2.37. The van der Waals surface area contributed by atoms with Crippen LogP contribution in [0.25, 0.3) is 0 Å². The molecule has 0 amide bonds. The van der Waals surface area contributed by atoms with Crippen molar-refractivity contribution in [3.63, 3.8) is 0 Å². The molecule has 0 bridgehead atoms.